The Morgan fingerprint density at radius 1 is 1.19 bits per heavy atom. The first-order chi connectivity index (χ1) is 12.5. The van der Waals surface area contributed by atoms with Gasteiger partial charge in [-0.25, -0.2) is 14.8 Å². The summed E-state index contributed by atoms with van der Waals surface area (Å²) in [5.41, 5.74) is 0.743. The van der Waals surface area contributed by atoms with Crippen molar-refractivity contribution in [2.75, 3.05) is 50.6 Å². The van der Waals surface area contributed by atoms with Crippen molar-refractivity contribution in [2.45, 2.75) is 6.92 Å². The number of hydrogen-bond donors (Lipinski definition) is 2. The summed E-state index contributed by atoms with van der Waals surface area (Å²) >= 11 is 0. The monoisotopic (exact) mass is 357 g/mol. The van der Waals surface area contributed by atoms with E-state index in [0.717, 1.165) is 32.0 Å². The van der Waals surface area contributed by atoms with E-state index < -0.39 is 5.97 Å². The van der Waals surface area contributed by atoms with Gasteiger partial charge in [0.15, 0.2) is 0 Å². The van der Waals surface area contributed by atoms with Crippen LogP contribution >= 0.6 is 0 Å². The molecule has 2 N–H and O–H groups in total. The predicted molar refractivity (Wildman–Crippen MR) is 99.2 cm³/mol. The molecule has 1 aromatic heterocycles. The third-order valence-corrected chi connectivity index (χ3v) is 4.33. The lowest BCUT2D eigenvalue weighted by atomic mass is 10.2. The number of hydrogen-bond acceptors (Lipinski definition) is 8. The van der Waals surface area contributed by atoms with Crippen LogP contribution < -0.4 is 10.2 Å². The van der Waals surface area contributed by atoms with E-state index in [2.05, 4.69) is 36.9 Å². The first-order valence-corrected chi connectivity index (χ1v) is 8.44. The highest BCUT2D eigenvalue weighted by atomic mass is 16.5. The third kappa shape index (κ3) is 4.02. The minimum absolute atomic E-state index is 0.0506. The number of nitrogens with one attached hydrogen (secondary N) is 1. The van der Waals surface area contributed by atoms with Crippen LogP contribution in [0.4, 0.5) is 17.3 Å². The molecule has 0 radical (unpaired) electrons. The van der Waals surface area contributed by atoms with Gasteiger partial charge in [0.2, 0.25) is 0 Å². The minimum Gasteiger partial charge on any atom is -0.506 e. The molecule has 8 nitrogen and oxygen atoms in total. The van der Waals surface area contributed by atoms with Gasteiger partial charge in [-0.3, -0.25) is 0 Å². The molecule has 0 aliphatic carbocycles. The number of phenolic OH excluding ortho intramolecular Hbond substituents is 1. The second-order valence-electron chi connectivity index (χ2n) is 6.30. The van der Waals surface area contributed by atoms with Gasteiger partial charge in [-0.05, 0) is 32.2 Å². The molecular formula is C18H23N5O3. The van der Waals surface area contributed by atoms with E-state index in [-0.39, 0.29) is 11.3 Å². The lowest BCUT2D eigenvalue weighted by Crippen LogP contribution is -2.44. The second kappa shape index (κ2) is 7.57. The predicted octanol–water partition coefficient (Wildman–Crippen LogP) is 1.77. The molecule has 1 aromatic carbocycles. The van der Waals surface area contributed by atoms with Crippen LogP contribution in [-0.4, -0.2) is 66.3 Å². The lowest BCUT2D eigenvalue weighted by molar-refractivity contribution is 0.0600. The van der Waals surface area contributed by atoms with Crippen LogP contribution in [-0.2, 0) is 4.74 Å². The molecule has 3 rings (SSSR count). The zero-order chi connectivity index (χ0) is 18.7. The first kappa shape index (κ1) is 17.9. The van der Waals surface area contributed by atoms with Crippen LogP contribution in [0.2, 0.25) is 0 Å². The number of piperazine rings is 1. The molecule has 1 fully saturated rings. The van der Waals surface area contributed by atoms with E-state index >= 15 is 0 Å². The van der Waals surface area contributed by atoms with Gasteiger partial charge in [-0.2, -0.15) is 0 Å². The maximum atomic E-state index is 11.5. The van der Waals surface area contributed by atoms with Gasteiger partial charge in [0.25, 0.3) is 0 Å². The van der Waals surface area contributed by atoms with E-state index in [1.165, 1.54) is 13.2 Å². The number of likely N-dealkylation sites (N-methyl/N-ethyl adjacent to an activating group) is 1. The molecule has 1 aliphatic heterocycles. The summed E-state index contributed by atoms with van der Waals surface area (Å²) in [5, 5.41) is 13.3. The van der Waals surface area contributed by atoms with Gasteiger partial charge in [-0.15, -0.1) is 0 Å². The Hall–Kier alpha value is -2.87. The molecule has 138 valence electrons. The molecule has 0 spiro atoms. The van der Waals surface area contributed by atoms with E-state index in [4.69, 9.17) is 0 Å². The number of aromatic hydroxyl groups is 1. The standard InChI is InChI=1S/C18H23N5O3/c1-12-19-16(11-17(20-12)23-8-6-22(2)7-9-23)21-14-5-4-13(10-15(14)24)18(25)26-3/h4-5,10-11,24H,6-9H2,1-3H3,(H,19,20,21). The van der Waals surface area contributed by atoms with Crippen LogP contribution in [0.15, 0.2) is 24.3 Å². The Bertz CT molecular complexity index is 803. The number of benzene rings is 1. The Morgan fingerprint density at radius 3 is 2.58 bits per heavy atom. The van der Waals surface area contributed by atoms with Gasteiger partial charge >= 0.3 is 5.97 Å². The highest BCUT2D eigenvalue weighted by Crippen LogP contribution is 2.28. The molecule has 8 heteroatoms. The van der Waals surface area contributed by atoms with Crippen molar-refractivity contribution < 1.29 is 14.6 Å². The summed E-state index contributed by atoms with van der Waals surface area (Å²) in [6.07, 6.45) is 0. The van der Waals surface area contributed by atoms with Crippen LogP contribution in [0.5, 0.6) is 5.75 Å². The topological polar surface area (TPSA) is 90.8 Å². The number of ether oxygens (including phenoxy) is 1. The van der Waals surface area contributed by atoms with E-state index in [9.17, 15) is 9.90 Å². The molecule has 0 atom stereocenters. The van der Waals surface area contributed by atoms with Crippen molar-refractivity contribution in [3.8, 4) is 5.75 Å². The van der Waals surface area contributed by atoms with Crippen molar-refractivity contribution in [3.63, 3.8) is 0 Å². The lowest BCUT2D eigenvalue weighted by Gasteiger charge is -2.33. The molecule has 0 saturated carbocycles. The molecule has 0 amide bonds. The van der Waals surface area contributed by atoms with E-state index in [0.29, 0.717) is 17.3 Å². The molecule has 2 aromatic rings. The van der Waals surface area contributed by atoms with Crippen LogP contribution in [0.3, 0.4) is 0 Å². The van der Waals surface area contributed by atoms with E-state index in [1.807, 2.05) is 13.0 Å². The van der Waals surface area contributed by atoms with Crippen LogP contribution in [0.1, 0.15) is 16.2 Å². The Kier molecular flexibility index (Phi) is 5.22. The molecule has 2 heterocycles. The van der Waals surface area contributed by atoms with Crippen molar-refractivity contribution in [1.29, 1.82) is 0 Å². The Balaban J connectivity index is 1.81. The number of carbonyl (C=O) groups is 1. The minimum atomic E-state index is -0.498. The Labute approximate surface area is 152 Å². The second-order valence-corrected chi connectivity index (χ2v) is 6.30. The van der Waals surface area contributed by atoms with Gasteiger partial charge in [0, 0.05) is 32.2 Å². The molecular weight excluding hydrogens is 334 g/mol. The number of esters is 1. The van der Waals surface area contributed by atoms with Gasteiger partial charge < -0.3 is 25.0 Å². The van der Waals surface area contributed by atoms with Crippen molar-refractivity contribution in [3.05, 3.63) is 35.7 Å². The average Bonchev–Trinajstić information content (AvgIpc) is 2.63. The highest BCUT2D eigenvalue weighted by molar-refractivity contribution is 5.90. The molecule has 0 unspecified atom stereocenters. The number of rotatable bonds is 4. The van der Waals surface area contributed by atoms with Gasteiger partial charge in [0.05, 0.1) is 18.4 Å². The fourth-order valence-electron chi connectivity index (χ4n) is 2.83. The van der Waals surface area contributed by atoms with Gasteiger partial charge in [-0.1, -0.05) is 0 Å². The largest absolute Gasteiger partial charge is 0.506 e. The number of methoxy groups -OCH3 is 1. The normalized spacial score (nSPS) is 15.0. The van der Waals surface area contributed by atoms with E-state index in [1.54, 1.807) is 12.1 Å². The number of nitrogens with zero attached hydrogens (tertiary/aromatic N) is 4. The van der Waals surface area contributed by atoms with Crippen LogP contribution in [0, 0.1) is 6.92 Å². The summed E-state index contributed by atoms with van der Waals surface area (Å²) in [7, 11) is 3.41. The highest BCUT2D eigenvalue weighted by Gasteiger charge is 2.17. The summed E-state index contributed by atoms with van der Waals surface area (Å²) in [5.74, 6) is 1.55. The smallest absolute Gasteiger partial charge is 0.337 e. The molecule has 1 saturated heterocycles. The van der Waals surface area contributed by atoms with Crippen molar-refractivity contribution in [1.82, 2.24) is 14.9 Å². The third-order valence-electron chi connectivity index (χ3n) is 4.33. The zero-order valence-corrected chi connectivity index (χ0v) is 15.2. The summed E-state index contributed by atoms with van der Waals surface area (Å²) in [6.45, 7) is 5.63. The quantitative estimate of drug-likeness (QED) is 0.632. The summed E-state index contributed by atoms with van der Waals surface area (Å²) in [4.78, 5) is 25.0. The number of carbonyl (C=O) groups excluding carboxylic acids is 1. The maximum absolute atomic E-state index is 11.5. The maximum Gasteiger partial charge on any atom is 0.337 e. The number of anilines is 3. The molecule has 0 bridgehead atoms. The van der Waals surface area contributed by atoms with Crippen molar-refractivity contribution in [2.24, 2.45) is 0 Å². The van der Waals surface area contributed by atoms with Crippen molar-refractivity contribution >= 4 is 23.3 Å². The number of phenols is 1. The number of aromatic nitrogens is 2. The zero-order valence-electron chi connectivity index (χ0n) is 15.2. The first-order valence-electron chi connectivity index (χ1n) is 8.44. The van der Waals surface area contributed by atoms with Crippen LogP contribution in [0.25, 0.3) is 0 Å². The fourth-order valence-corrected chi connectivity index (χ4v) is 2.83. The summed E-state index contributed by atoms with van der Waals surface area (Å²) < 4.78 is 4.66. The number of aryl methyl sites for hydroxylation is 1. The molecule has 26 heavy (non-hydrogen) atoms. The summed E-state index contributed by atoms with van der Waals surface area (Å²) in [6, 6.07) is 6.44. The molecule has 1 aliphatic rings. The van der Waals surface area contributed by atoms with Gasteiger partial charge in [0.1, 0.15) is 23.2 Å². The average molecular weight is 357 g/mol. The Morgan fingerprint density at radius 2 is 1.92 bits per heavy atom. The SMILES string of the molecule is COC(=O)c1ccc(Nc2cc(N3CCN(C)CC3)nc(C)n2)c(O)c1. The fraction of sp³-hybridized carbons (Fsp3) is 0.389.